The van der Waals surface area contributed by atoms with E-state index in [1.54, 1.807) is 23.5 Å². The molecule has 1 aromatic rings. The van der Waals surface area contributed by atoms with E-state index in [4.69, 9.17) is 0 Å². The predicted molar refractivity (Wildman–Crippen MR) is 83.6 cm³/mol. The smallest absolute Gasteiger partial charge is 0.0564 e. The first-order chi connectivity index (χ1) is 8.62. The molecular formula is C14H23NOS2. The van der Waals surface area contributed by atoms with Crippen LogP contribution in [-0.4, -0.2) is 35.5 Å². The molecule has 3 unspecified atom stereocenters. The van der Waals surface area contributed by atoms with Crippen LogP contribution in [0.5, 0.6) is 0 Å². The molecule has 4 heteroatoms. The molecule has 18 heavy (non-hydrogen) atoms. The van der Waals surface area contributed by atoms with Gasteiger partial charge < -0.3 is 10.4 Å². The van der Waals surface area contributed by atoms with Gasteiger partial charge in [-0.25, -0.2) is 0 Å². The third-order valence-corrected chi connectivity index (χ3v) is 5.08. The number of aliphatic hydroxyl groups is 1. The molecule has 0 heterocycles. The van der Waals surface area contributed by atoms with Gasteiger partial charge in [-0.3, -0.25) is 0 Å². The zero-order valence-electron chi connectivity index (χ0n) is 11.5. The van der Waals surface area contributed by atoms with E-state index >= 15 is 0 Å². The number of benzene rings is 1. The van der Waals surface area contributed by atoms with E-state index in [9.17, 15) is 5.11 Å². The Bertz CT molecular complexity index is 338. The Balaban J connectivity index is 2.60. The average molecular weight is 285 g/mol. The van der Waals surface area contributed by atoms with E-state index in [2.05, 4.69) is 49.7 Å². The number of nitrogens with one attached hydrogen (secondary N) is 1. The van der Waals surface area contributed by atoms with E-state index in [1.165, 1.54) is 10.5 Å². The minimum absolute atomic E-state index is 0.216. The van der Waals surface area contributed by atoms with Gasteiger partial charge in [-0.1, -0.05) is 12.1 Å². The molecule has 0 saturated carbocycles. The maximum absolute atomic E-state index is 9.28. The molecule has 0 aliphatic rings. The molecule has 0 amide bonds. The summed E-state index contributed by atoms with van der Waals surface area (Å²) < 4.78 is 0. The second-order valence-corrected chi connectivity index (χ2v) is 6.36. The van der Waals surface area contributed by atoms with Crippen LogP contribution in [0.2, 0.25) is 0 Å². The second kappa shape index (κ2) is 8.10. The molecule has 0 aliphatic carbocycles. The van der Waals surface area contributed by atoms with E-state index in [-0.39, 0.29) is 11.9 Å². The molecule has 2 nitrogen and oxygen atoms in total. The van der Waals surface area contributed by atoms with Crippen LogP contribution in [0.25, 0.3) is 0 Å². The Morgan fingerprint density at radius 3 is 2.22 bits per heavy atom. The Kier molecular flexibility index (Phi) is 7.15. The molecular weight excluding hydrogens is 262 g/mol. The van der Waals surface area contributed by atoms with E-state index in [1.807, 2.05) is 6.26 Å². The fourth-order valence-corrected chi connectivity index (χ4v) is 2.97. The van der Waals surface area contributed by atoms with Crippen molar-refractivity contribution >= 4 is 23.5 Å². The minimum atomic E-state index is 0.216. The van der Waals surface area contributed by atoms with Crippen LogP contribution in [0.1, 0.15) is 25.5 Å². The van der Waals surface area contributed by atoms with Crippen molar-refractivity contribution in [3.63, 3.8) is 0 Å². The number of thioether (sulfide) groups is 2. The van der Waals surface area contributed by atoms with Crippen LogP contribution < -0.4 is 5.32 Å². The Labute approximate surface area is 119 Å². The zero-order chi connectivity index (χ0) is 13.5. The lowest BCUT2D eigenvalue weighted by Gasteiger charge is -2.25. The average Bonchev–Trinajstić information content (AvgIpc) is 2.40. The number of rotatable bonds is 7. The molecule has 0 fully saturated rings. The normalized spacial score (nSPS) is 16.3. The summed E-state index contributed by atoms with van der Waals surface area (Å²) in [4.78, 5) is 1.29. The van der Waals surface area contributed by atoms with Gasteiger partial charge in [-0.05, 0) is 44.1 Å². The van der Waals surface area contributed by atoms with Gasteiger partial charge in [0, 0.05) is 22.2 Å². The van der Waals surface area contributed by atoms with Crippen molar-refractivity contribution in [3.05, 3.63) is 29.8 Å². The number of aliphatic hydroxyl groups excluding tert-OH is 1. The molecule has 0 spiro atoms. The second-order valence-electron chi connectivity index (χ2n) is 4.41. The Morgan fingerprint density at radius 1 is 1.17 bits per heavy atom. The van der Waals surface area contributed by atoms with Crippen molar-refractivity contribution in [2.75, 3.05) is 19.1 Å². The lowest BCUT2D eigenvalue weighted by molar-refractivity contribution is 0.272. The lowest BCUT2D eigenvalue weighted by atomic mass is 10.1. The van der Waals surface area contributed by atoms with E-state index in [0.29, 0.717) is 12.1 Å². The van der Waals surface area contributed by atoms with Crippen LogP contribution >= 0.6 is 23.5 Å². The number of hydrogen-bond acceptors (Lipinski definition) is 4. The summed E-state index contributed by atoms with van der Waals surface area (Å²) in [5.74, 6) is 0. The van der Waals surface area contributed by atoms with Crippen molar-refractivity contribution in [1.82, 2.24) is 5.32 Å². The van der Waals surface area contributed by atoms with Crippen LogP contribution in [0.15, 0.2) is 29.2 Å². The van der Waals surface area contributed by atoms with Gasteiger partial charge in [0.2, 0.25) is 0 Å². The maximum Gasteiger partial charge on any atom is 0.0564 e. The summed E-state index contributed by atoms with van der Waals surface area (Å²) in [6.07, 6.45) is 4.13. The highest BCUT2D eigenvalue weighted by Crippen LogP contribution is 2.20. The zero-order valence-corrected chi connectivity index (χ0v) is 13.1. The van der Waals surface area contributed by atoms with Crippen molar-refractivity contribution < 1.29 is 5.11 Å². The topological polar surface area (TPSA) is 32.3 Å². The highest BCUT2D eigenvalue weighted by atomic mass is 32.2. The van der Waals surface area contributed by atoms with Gasteiger partial charge >= 0.3 is 0 Å². The van der Waals surface area contributed by atoms with Gasteiger partial charge in [0.05, 0.1) is 6.61 Å². The molecule has 0 aliphatic heterocycles. The third kappa shape index (κ3) is 4.50. The summed E-state index contributed by atoms with van der Waals surface area (Å²) in [6, 6.07) is 9.24. The fraction of sp³-hybridized carbons (Fsp3) is 0.571. The van der Waals surface area contributed by atoms with Crippen molar-refractivity contribution in [2.24, 2.45) is 0 Å². The highest BCUT2D eigenvalue weighted by Gasteiger charge is 2.17. The minimum Gasteiger partial charge on any atom is -0.395 e. The van der Waals surface area contributed by atoms with Gasteiger partial charge in [0.15, 0.2) is 0 Å². The van der Waals surface area contributed by atoms with Gasteiger partial charge in [-0.2, -0.15) is 11.8 Å². The first-order valence-corrected chi connectivity index (χ1v) is 8.67. The summed E-state index contributed by atoms with van der Waals surface area (Å²) in [6.45, 7) is 4.51. The Hall–Kier alpha value is -0.160. The SMILES string of the molecule is CSc1ccc(C(C)NC(C)C(CO)SC)cc1. The van der Waals surface area contributed by atoms with Crippen LogP contribution in [0.3, 0.4) is 0 Å². The molecule has 3 atom stereocenters. The summed E-state index contributed by atoms with van der Waals surface area (Å²) in [7, 11) is 0. The molecule has 2 N–H and O–H groups in total. The third-order valence-electron chi connectivity index (χ3n) is 3.17. The van der Waals surface area contributed by atoms with Crippen molar-refractivity contribution in [1.29, 1.82) is 0 Å². The Morgan fingerprint density at radius 2 is 1.78 bits per heavy atom. The molecule has 1 rings (SSSR count). The highest BCUT2D eigenvalue weighted by molar-refractivity contribution is 7.99. The molecule has 0 radical (unpaired) electrons. The standard InChI is InChI=1S/C14H23NOS2/c1-10(15-11(2)14(9-16)18-4)12-5-7-13(17-3)8-6-12/h5-8,10-11,14-16H,9H2,1-4H3. The maximum atomic E-state index is 9.28. The van der Waals surface area contributed by atoms with Gasteiger partial charge in [0.25, 0.3) is 0 Å². The monoisotopic (exact) mass is 285 g/mol. The fourth-order valence-electron chi connectivity index (χ4n) is 1.93. The van der Waals surface area contributed by atoms with Crippen LogP contribution in [-0.2, 0) is 0 Å². The summed E-state index contributed by atoms with van der Waals surface area (Å²) in [5, 5.41) is 13.1. The molecule has 102 valence electrons. The first kappa shape index (κ1) is 15.9. The quantitative estimate of drug-likeness (QED) is 0.754. The van der Waals surface area contributed by atoms with E-state index in [0.717, 1.165) is 0 Å². The molecule has 0 aromatic heterocycles. The summed E-state index contributed by atoms with van der Waals surface area (Å²) >= 11 is 3.46. The van der Waals surface area contributed by atoms with E-state index < -0.39 is 0 Å². The molecule has 0 bridgehead atoms. The lowest BCUT2D eigenvalue weighted by Crippen LogP contribution is -2.38. The first-order valence-electron chi connectivity index (χ1n) is 6.16. The van der Waals surface area contributed by atoms with Gasteiger partial charge in [0.1, 0.15) is 0 Å². The molecule has 1 aromatic carbocycles. The molecule has 0 saturated heterocycles. The summed E-state index contributed by atoms with van der Waals surface area (Å²) in [5.41, 5.74) is 1.29. The van der Waals surface area contributed by atoms with Gasteiger partial charge in [-0.15, -0.1) is 11.8 Å². The largest absolute Gasteiger partial charge is 0.395 e. The predicted octanol–water partition coefficient (Wildman–Crippen LogP) is 3.17. The van der Waals surface area contributed by atoms with Crippen molar-refractivity contribution in [3.8, 4) is 0 Å². The van der Waals surface area contributed by atoms with Crippen molar-refractivity contribution in [2.45, 2.75) is 36.1 Å². The van der Waals surface area contributed by atoms with Crippen LogP contribution in [0, 0.1) is 0 Å². The number of hydrogen-bond donors (Lipinski definition) is 2. The van der Waals surface area contributed by atoms with Crippen LogP contribution in [0.4, 0.5) is 0 Å².